The second kappa shape index (κ2) is 3.47. The molecule has 0 bridgehead atoms. The van der Waals surface area contributed by atoms with E-state index in [2.05, 4.69) is 20.2 Å². The molecule has 0 saturated carbocycles. The Kier molecular flexibility index (Phi) is 1.90. The minimum Gasteiger partial charge on any atom is -0.264 e. The summed E-state index contributed by atoms with van der Waals surface area (Å²) in [6.07, 6.45) is 0. The van der Waals surface area contributed by atoms with E-state index in [0.717, 1.165) is 33.8 Å². The second-order valence-electron chi connectivity index (χ2n) is 4.68. The van der Waals surface area contributed by atoms with Gasteiger partial charge in [-0.25, -0.2) is 9.97 Å². The molecule has 1 aromatic carbocycles. The van der Waals surface area contributed by atoms with Crippen LogP contribution in [0.2, 0.25) is 0 Å². The van der Waals surface area contributed by atoms with Crippen LogP contribution in [0.15, 0.2) is 30.3 Å². The Morgan fingerprint density at radius 2 is 1.84 bits per heavy atom. The molecule has 0 atom stereocenters. The maximum atomic E-state index is 4.65. The van der Waals surface area contributed by atoms with Crippen molar-refractivity contribution in [2.75, 3.05) is 0 Å². The number of aryl methyl sites for hydroxylation is 2. The largest absolute Gasteiger partial charge is 0.264 e. The van der Waals surface area contributed by atoms with Gasteiger partial charge in [0.2, 0.25) is 0 Å². The summed E-state index contributed by atoms with van der Waals surface area (Å²) >= 11 is 0. The molecule has 4 rings (SSSR count). The SMILES string of the molecule is Cc1cc(C)n2c3nc4ccccc4c-3nnc2n1. The predicted molar refractivity (Wildman–Crippen MR) is 72.2 cm³/mol. The lowest BCUT2D eigenvalue weighted by Crippen LogP contribution is -2.07. The van der Waals surface area contributed by atoms with Crippen LogP contribution in [-0.2, 0) is 0 Å². The number of hydrogen-bond donors (Lipinski definition) is 0. The Morgan fingerprint density at radius 3 is 2.74 bits per heavy atom. The number of rotatable bonds is 0. The Morgan fingerprint density at radius 1 is 1.00 bits per heavy atom. The summed E-state index contributed by atoms with van der Waals surface area (Å²) in [5.41, 5.74) is 3.75. The van der Waals surface area contributed by atoms with Gasteiger partial charge in [0.25, 0.3) is 5.78 Å². The average molecular weight is 249 g/mol. The molecule has 0 spiro atoms. The van der Waals surface area contributed by atoms with Crippen molar-refractivity contribution < 1.29 is 0 Å². The van der Waals surface area contributed by atoms with Gasteiger partial charge in [-0.05, 0) is 26.0 Å². The van der Waals surface area contributed by atoms with Crippen LogP contribution in [0.4, 0.5) is 0 Å². The number of benzene rings is 1. The maximum absolute atomic E-state index is 4.65. The molecule has 0 saturated heterocycles. The molecule has 0 fully saturated rings. The summed E-state index contributed by atoms with van der Waals surface area (Å²) in [5.74, 6) is 1.41. The fraction of sp³-hybridized carbons (Fsp3) is 0.143. The highest BCUT2D eigenvalue weighted by atomic mass is 15.3. The summed E-state index contributed by atoms with van der Waals surface area (Å²) in [7, 11) is 0. The topological polar surface area (TPSA) is 56.0 Å². The smallest absolute Gasteiger partial charge is 0.255 e. The Balaban J connectivity index is 2.26. The van der Waals surface area contributed by atoms with E-state index in [1.54, 1.807) is 0 Å². The first-order chi connectivity index (χ1) is 9.24. The zero-order valence-electron chi connectivity index (χ0n) is 10.6. The van der Waals surface area contributed by atoms with Crippen LogP contribution in [0.5, 0.6) is 0 Å². The molecule has 5 heteroatoms. The highest BCUT2D eigenvalue weighted by Crippen LogP contribution is 2.28. The summed E-state index contributed by atoms with van der Waals surface area (Å²) < 4.78 is 1.95. The lowest BCUT2D eigenvalue weighted by atomic mass is 10.2. The molecular weight excluding hydrogens is 238 g/mol. The van der Waals surface area contributed by atoms with Gasteiger partial charge in [0, 0.05) is 16.8 Å². The Labute approximate surface area is 109 Å². The van der Waals surface area contributed by atoms with Crippen LogP contribution in [0.3, 0.4) is 0 Å². The van der Waals surface area contributed by atoms with E-state index in [-0.39, 0.29) is 0 Å². The van der Waals surface area contributed by atoms with Crippen molar-refractivity contribution in [1.82, 2.24) is 24.6 Å². The molecule has 2 aromatic rings. The first-order valence-electron chi connectivity index (χ1n) is 6.12. The highest BCUT2D eigenvalue weighted by Gasteiger charge is 2.18. The number of fused-ring (bicyclic) bond motifs is 5. The first-order valence-corrected chi connectivity index (χ1v) is 6.12. The lowest BCUT2D eigenvalue weighted by molar-refractivity contribution is 0.893. The van der Waals surface area contributed by atoms with E-state index in [9.17, 15) is 0 Å². The summed E-state index contributed by atoms with van der Waals surface area (Å²) in [4.78, 5) is 9.06. The molecule has 19 heavy (non-hydrogen) atoms. The average Bonchev–Trinajstić information content (AvgIpc) is 2.76. The van der Waals surface area contributed by atoms with E-state index in [0.29, 0.717) is 5.78 Å². The third kappa shape index (κ3) is 1.35. The molecule has 92 valence electrons. The maximum Gasteiger partial charge on any atom is 0.255 e. The monoisotopic (exact) mass is 249 g/mol. The summed E-state index contributed by atoms with van der Waals surface area (Å²) in [6, 6.07) is 9.99. The second-order valence-corrected chi connectivity index (χ2v) is 4.68. The van der Waals surface area contributed by atoms with Gasteiger partial charge in [-0.15, -0.1) is 10.2 Å². The zero-order chi connectivity index (χ0) is 13.0. The fourth-order valence-electron chi connectivity index (χ4n) is 2.50. The molecule has 0 unspecified atom stereocenters. The van der Waals surface area contributed by atoms with Crippen molar-refractivity contribution >= 4 is 16.7 Å². The van der Waals surface area contributed by atoms with Gasteiger partial charge in [-0.2, -0.15) is 0 Å². The number of nitrogens with zero attached hydrogens (tertiary/aromatic N) is 5. The Hall–Kier alpha value is -2.56. The molecule has 0 radical (unpaired) electrons. The van der Waals surface area contributed by atoms with E-state index >= 15 is 0 Å². The van der Waals surface area contributed by atoms with Crippen molar-refractivity contribution in [2.24, 2.45) is 0 Å². The highest BCUT2D eigenvalue weighted by molar-refractivity contribution is 5.94. The molecule has 2 aliphatic rings. The van der Waals surface area contributed by atoms with Crippen LogP contribution in [0.1, 0.15) is 11.4 Å². The van der Waals surface area contributed by atoms with Gasteiger partial charge in [-0.3, -0.25) is 4.40 Å². The Bertz CT molecular complexity index is 893. The van der Waals surface area contributed by atoms with Crippen molar-refractivity contribution in [3.8, 4) is 11.5 Å². The van der Waals surface area contributed by atoms with Crippen LogP contribution >= 0.6 is 0 Å². The van der Waals surface area contributed by atoms with Gasteiger partial charge in [0.05, 0.1) is 5.52 Å². The van der Waals surface area contributed by atoms with Crippen molar-refractivity contribution in [3.63, 3.8) is 0 Å². The third-order valence-corrected chi connectivity index (χ3v) is 3.30. The number of para-hydroxylation sites is 1. The normalized spacial score (nSPS) is 11.7. The van der Waals surface area contributed by atoms with Gasteiger partial charge in [-0.1, -0.05) is 18.2 Å². The zero-order valence-corrected chi connectivity index (χ0v) is 10.6. The van der Waals surface area contributed by atoms with Crippen LogP contribution in [0, 0.1) is 13.8 Å². The number of aromatic nitrogens is 5. The van der Waals surface area contributed by atoms with Gasteiger partial charge < -0.3 is 0 Å². The quantitative estimate of drug-likeness (QED) is 0.480. The van der Waals surface area contributed by atoms with Crippen LogP contribution < -0.4 is 0 Å². The van der Waals surface area contributed by atoms with Crippen LogP contribution in [-0.4, -0.2) is 24.6 Å². The minimum atomic E-state index is 0.591. The fourth-order valence-corrected chi connectivity index (χ4v) is 2.50. The molecule has 5 nitrogen and oxygen atoms in total. The summed E-state index contributed by atoms with van der Waals surface area (Å²) in [5, 5.41) is 9.53. The van der Waals surface area contributed by atoms with E-state index < -0.39 is 0 Å². The molecule has 0 N–H and O–H groups in total. The van der Waals surface area contributed by atoms with E-state index in [1.165, 1.54) is 0 Å². The number of hydrogen-bond acceptors (Lipinski definition) is 4. The molecule has 3 heterocycles. The van der Waals surface area contributed by atoms with E-state index in [1.807, 2.05) is 48.6 Å². The molecule has 2 aliphatic heterocycles. The molecular formula is C14H11N5. The summed E-state index contributed by atoms with van der Waals surface area (Å²) in [6.45, 7) is 3.98. The van der Waals surface area contributed by atoms with Crippen molar-refractivity contribution in [2.45, 2.75) is 13.8 Å². The lowest BCUT2D eigenvalue weighted by Gasteiger charge is -2.08. The van der Waals surface area contributed by atoms with E-state index in [4.69, 9.17) is 0 Å². The van der Waals surface area contributed by atoms with Gasteiger partial charge >= 0.3 is 0 Å². The molecule has 0 aliphatic carbocycles. The molecule has 1 aromatic heterocycles. The molecule has 0 amide bonds. The minimum absolute atomic E-state index is 0.591. The van der Waals surface area contributed by atoms with Gasteiger partial charge in [0.15, 0.2) is 5.82 Å². The third-order valence-electron chi connectivity index (χ3n) is 3.30. The van der Waals surface area contributed by atoms with Crippen LogP contribution in [0.25, 0.3) is 28.2 Å². The van der Waals surface area contributed by atoms with Crippen molar-refractivity contribution in [1.29, 1.82) is 0 Å². The van der Waals surface area contributed by atoms with Crippen molar-refractivity contribution in [3.05, 3.63) is 41.7 Å². The van der Waals surface area contributed by atoms with Gasteiger partial charge in [0.1, 0.15) is 5.69 Å². The standard InChI is InChI=1S/C14H11N5/c1-8-7-9(2)19-13-12(17-18-14(19)15-8)10-5-3-4-6-11(10)16-13/h3-7H,1-2H3. The first kappa shape index (κ1) is 10.4. The predicted octanol–water partition coefficient (Wildman–Crippen LogP) is 2.39.